The van der Waals surface area contributed by atoms with Gasteiger partial charge in [-0.2, -0.15) is 0 Å². The number of hydrogen-bond acceptors (Lipinski definition) is 2. The molecule has 1 spiro atoms. The summed E-state index contributed by atoms with van der Waals surface area (Å²) in [5.41, 5.74) is 1.92. The van der Waals surface area contributed by atoms with Crippen molar-refractivity contribution in [1.82, 2.24) is 9.88 Å². The standard InChI is InChI=1S/C14H22N2O/c1-11(2)16-6-3-12(9-16)13-14(10-15-13)4-7-17-8-5-14/h3,6,9,11,13,15H,4-5,7-8,10H2,1-2H3/t13-/m0/s1. The lowest BCUT2D eigenvalue weighted by Gasteiger charge is -2.52. The van der Waals surface area contributed by atoms with Crippen LogP contribution in [-0.4, -0.2) is 24.3 Å². The van der Waals surface area contributed by atoms with Crippen LogP contribution in [0.2, 0.25) is 0 Å². The first-order valence-corrected chi connectivity index (χ1v) is 6.70. The quantitative estimate of drug-likeness (QED) is 0.851. The van der Waals surface area contributed by atoms with Crippen molar-refractivity contribution in [3.05, 3.63) is 24.0 Å². The van der Waals surface area contributed by atoms with Crippen molar-refractivity contribution in [1.29, 1.82) is 0 Å². The second kappa shape index (κ2) is 4.14. The molecule has 0 radical (unpaired) electrons. The predicted molar refractivity (Wildman–Crippen MR) is 68.0 cm³/mol. The Labute approximate surface area is 103 Å². The molecule has 2 aliphatic rings. The number of ether oxygens (including phenoxy) is 1. The zero-order valence-electron chi connectivity index (χ0n) is 10.8. The summed E-state index contributed by atoms with van der Waals surface area (Å²) in [5.74, 6) is 0. The molecule has 1 aromatic rings. The highest BCUT2D eigenvalue weighted by atomic mass is 16.5. The SMILES string of the molecule is CC(C)n1ccc([C@@H]2NCC23CCOCC3)c1. The third-order valence-electron chi connectivity index (χ3n) is 4.43. The van der Waals surface area contributed by atoms with Crippen LogP contribution in [0.5, 0.6) is 0 Å². The van der Waals surface area contributed by atoms with E-state index in [1.807, 2.05) is 0 Å². The maximum atomic E-state index is 5.50. The number of nitrogens with one attached hydrogen (secondary N) is 1. The van der Waals surface area contributed by atoms with Crippen LogP contribution in [0.15, 0.2) is 18.5 Å². The van der Waals surface area contributed by atoms with Crippen molar-refractivity contribution < 1.29 is 4.74 Å². The van der Waals surface area contributed by atoms with Gasteiger partial charge in [0.2, 0.25) is 0 Å². The lowest BCUT2D eigenvalue weighted by molar-refractivity contribution is -0.0479. The van der Waals surface area contributed by atoms with Gasteiger partial charge >= 0.3 is 0 Å². The molecule has 0 amide bonds. The lowest BCUT2D eigenvalue weighted by Crippen LogP contribution is -2.58. The minimum absolute atomic E-state index is 0.474. The number of rotatable bonds is 2. The first-order valence-electron chi connectivity index (χ1n) is 6.70. The highest BCUT2D eigenvalue weighted by molar-refractivity contribution is 5.23. The van der Waals surface area contributed by atoms with Gasteiger partial charge in [-0.1, -0.05) is 0 Å². The van der Waals surface area contributed by atoms with Crippen molar-refractivity contribution in [3.8, 4) is 0 Å². The van der Waals surface area contributed by atoms with Crippen LogP contribution in [0, 0.1) is 5.41 Å². The van der Waals surface area contributed by atoms with E-state index < -0.39 is 0 Å². The normalized spacial score (nSPS) is 27.4. The van der Waals surface area contributed by atoms with Gasteiger partial charge in [-0.3, -0.25) is 0 Å². The van der Waals surface area contributed by atoms with E-state index in [1.165, 1.54) is 18.4 Å². The molecule has 3 nitrogen and oxygen atoms in total. The molecule has 17 heavy (non-hydrogen) atoms. The molecule has 3 heterocycles. The fourth-order valence-corrected chi connectivity index (χ4v) is 3.13. The van der Waals surface area contributed by atoms with Crippen molar-refractivity contribution in [2.24, 2.45) is 5.41 Å². The van der Waals surface area contributed by atoms with Gasteiger partial charge in [0.1, 0.15) is 0 Å². The minimum Gasteiger partial charge on any atom is -0.381 e. The fraction of sp³-hybridized carbons (Fsp3) is 0.714. The largest absolute Gasteiger partial charge is 0.381 e. The molecule has 0 unspecified atom stereocenters. The maximum Gasteiger partial charge on any atom is 0.0472 e. The molecule has 3 heteroatoms. The Balaban J connectivity index is 1.79. The zero-order valence-corrected chi connectivity index (χ0v) is 10.8. The molecular weight excluding hydrogens is 212 g/mol. The molecule has 94 valence electrons. The first-order chi connectivity index (χ1) is 8.21. The van der Waals surface area contributed by atoms with E-state index in [0.29, 0.717) is 17.5 Å². The van der Waals surface area contributed by atoms with E-state index in [-0.39, 0.29) is 0 Å². The molecule has 2 fully saturated rings. The van der Waals surface area contributed by atoms with E-state index in [9.17, 15) is 0 Å². The van der Waals surface area contributed by atoms with E-state index >= 15 is 0 Å². The van der Waals surface area contributed by atoms with Crippen molar-refractivity contribution in [3.63, 3.8) is 0 Å². The van der Waals surface area contributed by atoms with Crippen LogP contribution >= 0.6 is 0 Å². The molecule has 1 aromatic heterocycles. The predicted octanol–water partition coefficient (Wildman–Crippen LogP) is 2.51. The number of hydrogen-bond donors (Lipinski definition) is 1. The van der Waals surface area contributed by atoms with Crippen LogP contribution in [0.3, 0.4) is 0 Å². The molecule has 2 aliphatic heterocycles. The average Bonchev–Trinajstić information content (AvgIpc) is 2.78. The monoisotopic (exact) mass is 234 g/mol. The van der Waals surface area contributed by atoms with Gasteiger partial charge in [0.15, 0.2) is 0 Å². The Kier molecular flexibility index (Phi) is 2.75. The van der Waals surface area contributed by atoms with Crippen LogP contribution in [-0.2, 0) is 4.74 Å². The second-order valence-corrected chi connectivity index (χ2v) is 5.77. The van der Waals surface area contributed by atoms with E-state index in [4.69, 9.17) is 4.74 Å². The van der Waals surface area contributed by atoms with E-state index in [1.54, 1.807) is 0 Å². The summed E-state index contributed by atoms with van der Waals surface area (Å²) in [5, 5.41) is 3.61. The highest BCUT2D eigenvalue weighted by Gasteiger charge is 2.48. The number of aromatic nitrogens is 1. The minimum atomic E-state index is 0.474. The fourth-order valence-electron chi connectivity index (χ4n) is 3.13. The Hall–Kier alpha value is -0.800. The third kappa shape index (κ3) is 1.81. The summed E-state index contributed by atoms with van der Waals surface area (Å²) in [7, 11) is 0. The third-order valence-corrected chi connectivity index (χ3v) is 4.43. The molecule has 0 aliphatic carbocycles. The average molecular weight is 234 g/mol. The molecule has 0 saturated carbocycles. The molecule has 3 rings (SSSR count). The molecule has 1 N–H and O–H groups in total. The van der Waals surface area contributed by atoms with E-state index in [0.717, 1.165) is 19.8 Å². The first kappa shape index (κ1) is 11.3. The summed E-state index contributed by atoms with van der Waals surface area (Å²) in [4.78, 5) is 0. The van der Waals surface area contributed by atoms with Gasteiger partial charge in [-0.15, -0.1) is 0 Å². The zero-order chi connectivity index (χ0) is 11.9. The summed E-state index contributed by atoms with van der Waals surface area (Å²) in [6, 6.07) is 3.37. The van der Waals surface area contributed by atoms with Crippen LogP contribution in [0.4, 0.5) is 0 Å². The molecule has 0 bridgehead atoms. The molecule has 2 saturated heterocycles. The molecule has 1 atom stereocenters. The Morgan fingerprint density at radius 2 is 2.18 bits per heavy atom. The van der Waals surface area contributed by atoms with Crippen LogP contribution < -0.4 is 5.32 Å². The van der Waals surface area contributed by atoms with Gasteiger partial charge in [0.25, 0.3) is 0 Å². The number of nitrogens with zero attached hydrogens (tertiary/aromatic N) is 1. The van der Waals surface area contributed by atoms with Gasteiger partial charge < -0.3 is 14.6 Å². The van der Waals surface area contributed by atoms with Crippen molar-refractivity contribution >= 4 is 0 Å². The van der Waals surface area contributed by atoms with Gasteiger partial charge in [0.05, 0.1) is 0 Å². The highest BCUT2D eigenvalue weighted by Crippen LogP contribution is 2.48. The Morgan fingerprint density at radius 1 is 1.41 bits per heavy atom. The molecule has 0 aromatic carbocycles. The molecular formula is C14H22N2O. The van der Waals surface area contributed by atoms with Crippen molar-refractivity contribution in [2.75, 3.05) is 19.8 Å². The summed E-state index contributed by atoms with van der Waals surface area (Å²) in [6.45, 7) is 7.48. The van der Waals surface area contributed by atoms with E-state index in [2.05, 4.69) is 42.2 Å². The van der Waals surface area contributed by atoms with Gasteiger partial charge in [-0.25, -0.2) is 0 Å². The topological polar surface area (TPSA) is 26.2 Å². The van der Waals surface area contributed by atoms with Crippen molar-refractivity contribution in [2.45, 2.75) is 38.8 Å². The summed E-state index contributed by atoms with van der Waals surface area (Å²) < 4.78 is 7.79. The lowest BCUT2D eigenvalue weighted by atomic mass is 9.66. The second-order valence-electron chi connectivity index (χ2n) is 5.77. The van der Waals surface area contributed by atoms with Crippen LogP contribution in [0.1, 0.15) is 44.3 Å². The van der Waals surface area contributed by atoms with Gasteiger partial charge in [-0.05, 0) is 38.3 Å². The van der Waals surface area contributed by atoms with Crippen LogP contribution in [0.25, 0.3) is 0 Å². The Morgan fingerprint density at radius 3 is 2.71 bits per heavy atom. The summed E-state index contributed by atoms with van der Waals surface area (Å²) >= 11 is 0. The Bertz CT molecular complexity index is 391. The summed E-state index contributed by atoms with van der Waals surface area (Å²) in [6.07, 6.45) is 6.92. The van der Waals surface area contributed by atoms with Gasteiger partial charge in [0, 0.05) is 49.7 Å². The smallest absolute Gasteiger partial charge is 0.0472 e. The maximum absolute atomic E-state index is 5.50.